The van der Waals surface area contributed by atoms with Crippen molar-refractivity contribution in [3.05, 3.63) is 18.3 Å². The van der Waals surface area contributed by atoms with Gasteiger partial charge in [0.25, 0.3) is 0 Å². The number of rotatable bonds is 6. The Labute approximate surface area is 109 Å². The van der Waals surface area contributed by atoms with Gasteiger partial charge in [-0.1, -0.05) is 6.92 Å². The predicted molar refractivity (Wildman–Crippen MR) is 70.1 cm³/mol. The first-order valence-electron chi connectivity index (χ1n) is 6.00. The molecule has 0 radical (unpaired) electrons. The summed E-state index contributed by atoms with van der Waals surface area (Å²) in [4.78, 5) is 4.16. The molecule has 1 rings (SSSR count). The molecule has 6 heteroatoms. The van der Waals surface area contributed by atoms with Crippen LogP contribution in [0.4, 0.5) is 0 Å². The maximum Gasteiger partial charge on any atom is 0.244 e. The van der Waals surface area contributed by atoms with Gasteiger partial charge >= 0.3 is 0 Å². The summed E-state index contributed by atoms with van der Waals surface area (Å²) >= 11 is 0. The average molecular weight is 272 g/mol. The Bertz CT molecular complexity index is 471. The van der Waals surface area contributed by atoms with Gasteiger partial charge in [-0.25, -0.2) is 13.4 Å². The third-order valence-electron chi connectivity index (χ3n) is 2.89. The molecule has 0 saturated heterocycles. The van der Waals surface area contributed by atoms with E-state index in [1.807, 2.05) is 20.8 Å². The van der Waals surface area contributed by atoms with Crippen LogP contribution in [-0.2, 0) is 10.0 Å². The van der Waals surface area contributed by atoms with Gasteiger partial charge in [-0.3, -0.25) is 0 Å². The molecule has 0 aliphatic heterocycles. The first kappa shape index (κ1) is 14.9. The molecule has 0 aliphatic rings. The highest BCUT2D eigenvalue weighted by molar-refractivity contribution is 7.89. The molecule has 1 heterocycles. The smallest absolute Gasteiger partial charge is 0.244 e. The average Bonchev–Trinajstić information content (AvgIpc) is 2.38. The second-order valence-corrected chi connectivity index (χ2v) is 6.04. The molecule has 0 bridgehead atoms. The van der Waals surface area contributed by atoms with Crippen LogP contribution in [0.3, 0.4) is 0 Å². The van der Waals surface area contributed by atoms with Crippen molar-refractivity contribution in [1.29, 1.82) is 0 Å². The molecule has 0 saturated carbocycles. The summed E-state index contributed by atoms with van der Waals surface area (Å²) in [6.45, 7) is 6.18. The largest absolute Gasteiger partial charge is 0.478 e. The van der Waals surface area contributed by atoms with E-state index in [2.05, 4.69) is 4.98 Å². The zero-order chi connectivity index (χ0) is 13.8. The van der Waals surface area contributed by atoms with Gasteiger partial charge in [0, 0.05) is 19.2 Å². The van der Waals surface area contributed by atoms with Gasteiger partial charge in [-0.15, -0.1) is 0 Å². The summed E-state index contributed by atoms with van der Waals surface area (Å²) < 4.78 is 31.0. The molecule has 1 atom stereocenters. The molecule has 0 aromatic carbocycles. The van der Waals surface area contributed by atoms with Crippen LogP contribution in [0.5, 0.6) is 5.88 Å². The van der Waals surface area contributed by atoms with Crippen LogP contribution in [-0.4, -0.2) is 37.4 Å². The maximum absolute atomic E-state index is 12.2. The van der Waals surface area contributed by atoms with Crippen LogP contribution in [0.15, 0.2) is 23.2 Å². The van der Waals surface area contributed by atoms with Crippen LogP contribution >= 0.6 is 0 Å². The van der Waals surface area contributed by atoms with E-state index in [1.165, 1.54) is 16.6 Å². The highest BCUT2D eigenvalue weighted by Gasteiger charge is 2.24. The molecule has 0 aliphatic carbocycles. The molecule has 1 aromatic heterocycles. The highest BCUT2D eigenvalue weighted by atomic mass is 32.2. The second-order valence-electron chi connectivity index (χ2n) is 4.04. The van der Waals surface area contributed by atoms with Crippen LogP contribution in [0, 0.1) is 0 Å². The van der Waals surface area contributed by atoms with E-state index in [9.17, 15) is 8.42 Å². The van der Waals surface area contributed by atoms with Crippen molar-refractivity contribution in [2.24, 2.45) is 0 Å². The Morgan fingerprint density at radius 3 is 2.50 bits per heavy atom. The summed E-state index contributed by atoms with van der Waals surface area (Å²) in [6.07, 6.45) is 2.10. The monoisotopic (exact) mass is 272 g/mol. The minimum atomic E-state index is -3.47. The molecular weight excluding hydrogens is 252 g/mol. The molecule has 102 valence electrons. The summed E-state index contributed by atoms with van der Waals surface area (Å²) in [6, 6.07) is 3.05. The SMILES string of the molecule is CCOc1ccc(S(=O)(=O)N(C)[C@@H](C)CC)cn1. The van der Waals surface area contributed by atoms with E-state index >= 15 is 0 Å². The minimum Gasteiger partial charge on any atom is -0.478 e. The fraction of sp³-hybridized carbons (Fsp3) is 0.583. The Balaban J connectivity index is 2.98. The maximum atomic E-state index is 12.2. The van der Waals surface area contributed by atoms with Gasteiger partial charge < -0.3 is 4.74 Å². The third kappa shape index (κ3) is 3.20. The number of pyridine rings is 1. The van der Waals surface area contributed by atoms with Crippen LogP contribution in [0.25, 0.3) is 0 Å². The van der Waals surface area contributed by atoms with Crippen LogP contribution in [0.2, 0.25) is 0 Å². The normalized spacial score (nSPS) is 13.6. The van der Waals surface area contributed by atoms with E-state index in [0.29, 0.717) is 12.5 Å². The van der Waals surface area contributed by atoms with Gasteiger partial charge in [0.2, 0.25) is 15.9 Å². The zero-order valence-electron chi connectivity index (χ0n) is 11.3. The van der Waals surface area contributed by atoms with Gasteiger partial charge in [0.05, 0.1) is 12.8 Å². The number of nitrogens with zero attached hydrogens (tertiary/aromatic N) is 2. The van der Waals surface area contributed by atoms with Crippen molar-refractivity contribution in [3.8, 4) is 5.88 Å². The lowest BCUT2D eigenvalue weighted by Gasteiger charge is -2.22. The molecule has 0 spiro atoms. The van der Waals surface area contributed by atoms with Gasteiger partial charge in [0.1, 0.15) is 4.90 Å². The van der Waals surface area contributed by atoms with E-state index in [-0.39, 0.29) is 10.9 Å². The number of ether oxygens (including phenoxy) is 1. The van der Waals surface area contributed by atoms with Crippen molar-refractivity contribution in [1.82, 2.24) is 9.29 Å². The molecule has 18 heavy (non-hydrogen) atoms. The fourth-order valence-corrected chi connectivity index (χ4v) is 2.79. The number of hydrogen-bond acceptors (Lipinski definition) is 4. The van der Waals surface area contributed by atoms with Crippen molar-refractivity contribution in [2.75, 3.05) is 13.7 Å². The molecule has 0 unspecified atom stereocenters. The quantitative estimate of drug-likeness (QED) is 0.793. The molecule has 0 amide bonds. The van der Waals surface area contributed by atoms with Gasteiger partial charge in [0.15, 0.2) is 0 Å². The highest BCUT2D eigenvalue weighted by Crippen LogP contribution is 2.18. The van der Waals surface area contributed by atoms with Crippen molar-refractivity contribution < 1.29 is 13.2 Å². The van der Waals surface area contributed by atoms with E-state index in [4.69, 9.17) is 4.74 Å². The Hall–Kier alpha value is -1.14. The fourth-order valence-electron chi connectivity index (χ4n) is 1.41. The lowest BCUT2D eigenvalue weighted by Crippen LogP contribution is -2.34. The van der Waals surface area contributed by atoms with Crippen LogP contribution in [0.1, 0.15) is 27.2 Å². The molecule has 0 fully saturated rings. The molecule has 1 aromatic rings. The lowest BCUT2D eigenvalue weighted by molar-refractivity contribution is 0.326. The van der Waals surface area contributed by atoms with Gasteiger partial charge in [-0.05, 0) is 26.3 Å². The van der Waals surface area contributed by atoms with Crippen molar-refractivity contribution in [3.63, 3.8) is 0 Å². The Kier molecular flexibility index (Phi) is 5.10. The van der Waals surface area contributed by atoms with Crippen LogP contribution < -0.4 is 4.74 Å². The topological polar surface area (TPSA) is 59.5 Å². The predicted octanol–water partition coefficient (Wildman–Crippen LogP) is 1.90. The zero-order valence-corrected chi connectivity index (χ0v) is 12.1. The standard InChI is InChI=1S/C12H20N2O3S/c1-5-10(3)14(4)18(15,16)11-7-8-12(13-9-11)17-6-2/h7-10H,5-6H2,1-4H3/t10-/m0/s1. The minimum absolute atomic E-state index is 0.0402. The Morgan fingerprint density at radius 1 is 1.39 bits per heavy atom. The Morgan fingerprint density at radius 2 is 2.06 bits per heavy atom. The number of sulfonamides is 1. The van der Waals surface area contributed by atoms with E-state index in [0.717, 1.165) is 6.42 Å². The number of hydrogen-bond donors (Lipinski definition) is 0. The van der Waals surface area contributed by atoms with Crippen molar-refractivity contribution >= 4 is 10.0 Å². The molecule has 5 nitrogen and oxygen atoms in total. The molecular formula is C12H20N2O3S. The lowest BCUT2D eigenvalue weighted by atomic mass is 10.3. The first-order chi connectivity index (χ1) is 8.43. The summed E-state index contributed by atoms with van der Waals surface area (Å²) in [5.41, 5.74) is 0. The summed E-state index contributed by atoms with van der Waals surface area (Å²) in [5, 5.41) is 0. The summed E-state index contributed by atoms with van der Waals surface area (Å²) in [5.74, 6) is 0.433. The van der Waals surface area contributed by atoms with E-state index < -0.39 is 10.0 Å². The number of aromatic nitrogens is 1. The van der Waals surface area contributed by atoms with E-state index in [1.54, 1.807) is 13.1 Å². The van der Waals surface area contributed by atoms with Crippen molar-refractivity contribution in [2.45, 2.75) is 38.1 Å². The second kappa shape index (κ2) is 6.15. The summed E-state index contributed by atoms with van der Waals surface area (Å²) in [7, 11) is -1.88. The third-order valence-corrected chi connectivity index (χ3v) is 4.85. The molecule has 0 N–H and O–H groups in total. The van der Waals surface area contributed by atoms with Gasteiger partial charge in [-0.2, -0.15) is 4.31 Å². The first-order valence-corrected chi connectivity index (χ1v) is 7.44.